The summed E-state index contributed by atoms with van der Waals surface area (Å²) in [5.41, 5.74) is 4.66. The molecule has 1 saturated heterocycles. The number of nitrogens with zero attached hydrogens (tertiary/aromatic N) is 1. The average Bonchev–Trinajstić information content (AvgIpc) is 3.19. The Morgan fingerprint density at radius 3 is 2.56 bits per heavy atom. The van der Waals surface area contributed by atoms with Gasteiger partial charge in [-0.05, 0) is 67.8 Å². The summed E-state index contributed by atoms with van der Waals surface area (Å²) in [6, 6.07) is 13.9. The third-order valence-corrected chi connectivity index (χ3v) is 13.9. The van der Waals surface area contributed by atoms with Crippen LogP contribution in [0.2, 0.25) is 18.1 Å². The number of fused-ring (bicyclic) bond motifs is 4. The van der Waals surface area contributed by atoms with Crippen molar-refractivity contribution in [3.05, 3.63) is 69.6 Å². The molecule has 0 radical (unpaired) electrons. The topological polar surface area (TPSA) is 40.3 Å². The number of aromatic amines is 1. The Kier molecular flexibility index (Phi) is 7.01. The van der Waals surface area contributed by atoms with Gasteiger partial charge in [0, 0.05) is 45.1 Å². The minimum atomic E-state index is -1.97. The lowest BCUT2D eigenvalue weighted by molar-refractivity contribution is 0.0625. The second-order valence-electron chi connectivity index (χ2n) is 12.2. The molecule has 1 atom stereocenters. The summed E-state index contributed by atoms with van der Waals surface area (Å²) in [5.74, 6) is -0.132. The lowest BCUT2D eigenvalue weighted by Crippen LogP contribution is -2.53. The number of nitrogens with one attached hydrogen (secondary N) is 2. The third-order valence-electron chi connectivity index (χ3n) is 8.90. The number of hydrogen-bond donors (Lipinski definition) is 2. The zero-order valence-corrected chi connectivity index (χ0v) is 24.8. The highest BCUT2D eigenvalue weighted by Gasteiger charge is 2.47. The van der Waals surface area contributed by atoms with Crippen LogP contribution in [0.3, 0.4) is 0 Å². The molecule has 4 nitrogen and oxygen atoms in total. The predicted octanol–water partition coefficient (Wildman–Crippen LogP) is 7.27. The molecule has 3 aromatic rings. The molecule has 1 spiro atoms. The van der Waals surface area contributed by atoms with Gasteiger partial charge in [-0.3, -0.25) is 4.90 Å². The molecule has 2 aromatic carbocycles. The maximum atomic E-state index is 14.9. The molecule has 5 rings (SSSR count). The number of benzene rings is 2. The fourth-order valence-corrected chi connectivity index (χ4v) is 7.16. The van der Waals surface area contributed by atoms with Crippen LogP contribution in [-0.2, 0) is 16.4 Å². The van der Waals surface area contributed by atoms with Gasteiger partial charge in [0.2, 0.25) is 0 Å². The number of aromatic nitrogens is 1. The molecule has 3 heterocycles. The van der Waals surface area contributed by atoms with Crippen molar-refractivity contribution in [3.8, 4) is 0 Å². The van der Waals surface area contributed by atoms with E-state index in [0.29, 0.717) is 13.2 Å². The Hall–Kier alpha value is -1.51. The van der Waals surface area contributed by atoms with Gasteiger partial charge in [-0.15, -0.1) is 0 Å². The summed E-state index contributed by atoms with van der Waals surface area (Å²) >= 11 is 3.67. The van der Waals surface area contributed by atoms with Gasteiger partial charge < -0.3 is 14.7 Å². The van der Waals surface area contributed by atoms with Crippen LogP contribution in [0.4, 0.5) is 4.39 Å². The van der Waals surface area contributed by atoms with Gasteiger partial charge in [0.1, 0.15) is 5.82 Å². The Balaban J connectivity index is 1.63. The normalized spacial score (nSPS) is 20.7. The Morgan fingerprint density at radius 1 is 1.14 bits per heavy atom. The van der Waals surface area contributed by atoms with Crippen molar-refractivity contribution in [2.45, 2.75) is 69.7 Å². The Labute approximate surface area is 224 Å². The molecule has 194 valence electrons. The van der Waals surface area contributed by atoms with Gasteiger partial charge in [0.25, 0.3) is 0 Å². The molecule has 2 aliphatic rings. The van der Waals surface area contributed by atoms with Gasteiger partial charge in [0.05, 0.1) is 12.6 Å². The van der Waals surface area contributed by atoms with Crippen molar-refractivity contribution in [2.75, 3.05) is 26.2 Å². The smallest absolute Gasteiger partial charge is 0.192 e. The van der Waals surface area contributed by atoms with Crippen molar-refractivity contribution in [1.29, 1.82) is 0 Å². The van der Waals surface area contributed by atoms with Crippen LogP contribution in [0, 0.1) is 5.82 Å². The summed E-state index contributed by atoms with van der Waals surface area (Å²) in [7, 11) is -1.97. The first-order valence-corrected chi connectivity index (χ1v) is 16.8. The molecular weight excluding hydrogens is 533 g/mol. The zero-order chi connectivity index (χ0) is 25.7. The second-order valence-corrected chi connectivity index (χ2v) is 17.9. The predicted molar refractivity (Wildman–Crippen MR) is 152 cm³/mol. The average molecular weight is 573 g/mol. The third kappa shape index (κ3) is 4.73. The molecular formula is C29H39BrFN3OSi. The molecule has 0 amide bonds. The first kappa shape index (κ1) is 26.1. The van der Waals surface area contributed by atoms with E-state index >= 15 is 0 Å². The van der Waals surface area contributed by atoms with Crippen LogP contribution >= 0.6 is 15.9 Å². The van der Waals surface area contributed by atoms with Crippen LogP contribution in [0.5, 0.6) is 0 Å². The monoisotopic (exact) mass is 571 g/mol. The highest BCUT2D eigenvalue weighted by Crippen LogP contribution is 2.49. The van der Waals surface area contributed by atoms with E-state index in [0.717, 1.165) is 48.0 Å². The summed E-state index contributed by atoms with van der Waals surface area (Å²) in [6.45, 7) is 15.6. The van der Waals surface area contributed by atoms with E-state index in [1.165, 1.54) is 16.6 Å². The maximum absolute atomic E-state index is 14.9. The van der Waals surface area contributed by atoms with Crippen LogP contribution < -0.4 is 5.32 Å². The van der Waals surface area contributed by atoms with Crippen molar-refractivity contribution in [3.63, 3.8) is 0 Å². The molecule has 2 N–H and O–H groups in total. The van der Waals surface area contributed by atoms with E-state index in [9.17, 15) is 4.39 Å². The minimum Gasteiger partial charge on any atom is -0.415 e. The van der Waals surface area contributed by atoms with Gasteiger partial charge in [-0.1, -0.05) is 61.0 Å². The number of halogens is 2. The highest BCUT2D eigenvalue weighted by atomic mass is 79.9. The molecule has 7 heteroatoms. The first-order chi connectivity index (χ1) is 17.0. The highest BCUT2D eigenvalue weighted by molar-refractivity contribution is 9.10. The minimum absolute atomic E-state index is 0.0331. The van der Waals surface area contributed by atoms with Gasteiger partial charge in [0.15, 0.2) is 8.32 Å². The summed E-state index contributed by atoms with van der Waals surface area (Å²) in [6.07, 6.45) is 2.15. The number of hydrogen-bond acceptors (Lipinski definition) is 3. The van der Waals surface area contributed by atoms with Gasteiger partial charge in [-0.2, -0.15) is 0 Å². The number of H-pyrrole nitrogens is 1. The van der Waals surface area contributed by atoms with E-state index in [1.54, 1.807) is 12.1 Å². The van der Waals surface area contributed by atoms with Crippen molar-refractivity contribution >= 4 is 35.2 Å². The lowest BCUT2D eigenvalue weighted by Gasteiger charge is -2.50. The van der Waals surface area contributed by atoms with Crippen LogP contribution in [0.25, 0.3) is 10.9 Å². The molecule has 1 fully saturated rings. The first-order valence-electron chi connectivity index (χ1n) is 13.1. The van der Waals surface area contributed by atoms with Crippen molar-refractivity contribution < 1.29 is 8.82 Å². The fourth-order valence-electron chi connectivity index (χ4n) is 5.79. The SMILES string of the molecule is CC(C)(C)[Si](C)(C)OCC1c2[nH]c3cc(Br)ccc3c2C2(CCNCC2)CN1Cc1ccccc1F. The van der Waals surface area contributed by atoms with Gasteiger partial charge in [-0.25, -0.2) is 4.39 Å². The molecule has 1 unspecified atom stereocenters. The molecule has 2 aliphatic heterocycles. The van der Waals surface area contributed by atoms with Gasteiger partial charge >= 0.3 is 0 Å². The molecule has 0 bridgehead atoms. The van der Waals surface area contributed by atoms with E-state index in [2.05, 4.69) is 83.2 Å². The number of rotatable bonds is 5. The Bertz CT molecular complexity index is 1250. The van der Waals surface area contributed by atoms with Crippen LogP contribution in [-0.4, -0.2) is 44.4 Å². The van der Waals surface area contributed by atoms with Crippen LogP contribution in [0.15, 0.2) is 46.9 Å². The molecule has 1 aromatic heterocycles. The van der Waals surface area contributed by atoms with E-state index in [-0.39, 0.29) is 22.3 Å². The molecule has 0 saturated carbocycles. The summed E-state index contributed by atoms with van der Waals surface area (Å²) < 4.78 is 22.8. The van der Waals surface area contributed by atoms with E-state index < -0.39 is 8.32 Å². The summed E-state index contributed by atoms with van der Waals surface area (Å²) in [4.78, 5) is 6.32. The standard InChI is InChI=1S/C29H39BrFN3OSi/c1-28(2,3)36(4,5)35-18-25-27-26(22-11-10-21(30)16-24(22)33-27)29(12-14-32-15-13-29)19-34(25)17-20-8-6-7-9-23(20)31/h6-11,16,25,32-33H,12-15,17-19H2,1-5H3. The van der Waals surface area contributed by atoms with Crippen molar-refractivity contribution in [1.82, 2.24) is 15.2 Å². The van der Waals surface area contributed by atoms with E-state index in [1.807, 2.05) is 12.1 Å². The van der Waals surface area contributed by atoms with Crippen molar-refractivity contribution in [2.24, 2.45) is 0 Å². The Morgan fingerprint density at radius 2 is 1.86 bits per heavy atom. The quantitative estimate of drug-likeness (QED) is 0.316. The number of piperidine rings is 1. The molecule has 36 heavy (non-hydrogen) atoms. The maximum Gasteiger partial charge on any atom is 0.192 e. The molecule has 0 aliphatic carbocycles. The van der Waals surface area contributed by atoms with Crippen LogP contribution in [0.1, 0.15) is 56.5 Å². The zero-order valence-electron chi connectivity index (χ0n) is 22.2. The second kappa shape index (κ2) is 9.66. The van der Waals surface area contributed by atoms with E-state index in [4.69, 9.17) is 4.43 Å². The summed E-state index contributed by atoms with van der Waals surface area (Å²) in [5, 5.41) is 5.01. The fraction of sp³-hybridized carbons (Fsp3) is 0.517. The largest absolute Gasteiger partial charge is 0.415 e. The lowest BCUT2D eigenvalue weighted by atomic mass is 9.68.